The van der Waals surface area contributed by atoms with Gasteiger partial charge >= 0.3 is 0 Å². The maximum Gasteiger partial charge on any atom is 0.122 e. The molecule has 0 atom stereocenters. The Hall–Kier alpha value is -3.32. The largest absolute Gasteiger partial charge is 0.507 e. The van der Waals surface area contributed by atoms with Crippen molar-refractivity contribution in [2.24, 2.45) is 0 Å². The van der Waals surface area contributed by atoms with Gasteiger partial charge in [-0.05, 0) is 36.1 Å². The number of rotatable bonds is 2. The highest BCUT2D eigenvalue weighted by molar-refractivity contribution is 5.59. The highest BCUT2D eigenvalue weighted by atomic mass is 16.3. The summed E-state index contributed by atoms with van der Waals surface area (Å²) in [7, 11) is 0. The molecule has 0 aromatic heterocycles. The number of allylic oxidation sites excluding steroid dienone is 1. The third-order valence-corrected chi connectivity index (χ3v) is 4.16. The quantitative estimate of drug-likeness (QED) is 0.529. The minimum absolute atomic E-state index is 0.285. The van der Waals surface area contributed by atoms with Crippen LogP contribution in [0.1, 0.15) is 27.8 Å². The van der Waals surface area contributed by atoms with E-state index in [4.69, 9.17) is 5.11 Å². The minimum Gasteiger partial charge on any atom is -0.507 e. The lowest BCUT2D eigenvalue weighted by Crippen LogP contribution is -1.76. The minimum atomic E-state index is 0.285. The molecule has 1 heteroatoms. The van der Waals surface area contributed by atoms with Gasteiger partial charge < -0.3 is 5.11 Å². The van der Waals surface area contributed by atoms with Crippen LogP contribution in [0.25, 0.3) is 18.2 Å². The number of para-hydroxylation sites is 1. The van der Waals surface area contributed by atoms with Gasteiger partial charge in [0.05, 0.1) is 0 Å². The van der Waals surface area contributed by atoms with Gasteiger partial charge in [0, 0.05) is 5.56 Å². The standard InChI is InChI=1S/C9H8.C9H10.C8H8O/c1-2-5-9-7-3-6-8(9)4-1;1-3-9-6-4-8(2)5-7-9;1-2-7-5-3-4-6-8(7)9/h1-6H,7H2;3-7H,1H2,2H3;2-6,9H,1H2. The van der Waals surface area contributed by atoms with Crippen LogP contribution in [0.2, 0.25) is 0 Å². The number of hydrogen-bond donors (Lipinski definition) is 1. The second-order valence-corrected chi connectivity index (χ2v) is 6.18. The van der Waals surface area contributed by atoms with Crippen molar-refractivity contribution in [3.05, 3.63) is 120 Å². The van der Waals surface area contributed by atoms with Gasteiger partial charge in [-0.2, -0.15) is 0 Å². The predicted octanol–water partition coefficient (Wildman–Crippen LogP) is 6.93. The molecular weight excluding hydrogens is 328 g/mol. The molecule has 1 N–H and O–H groups in total. The summed E-state index contributed by atoms with van der Waals surface area (Å²) in [6.07, 6.45) is 8.96. The fourth-order valence-corrected chi connectivity index (χ4v) is 2.56. The zero-order chi connectivity index (χ0) is 19.5. The van der Waals surface area contributed by atoms with Crippen LogP contribution in [0.4, 0.5) is 0 Å². The maximum atomic E-state index is 9.04. The number of aromatic hydroxyl groups is 1. The van der Waals surface area contributed by atoms with E-state index < -0.39 is 0 Å². The van der Waals surface area contributed by atoms with Crippen molar-refractivity contribution >= 4 is 18.2 Å². The topological polar surface area (TPSA) is 20.2 Å². The maximum absolute atomic E-state index is 9.04. The Morgan fingerprint density at radius 3 is 2.07 bits per heavy atom. The van der Waals surface area contributed by atoms with E-state index in [9.17, 15) is 0 Å². The van der Waals surface area contributed by atoms with E-state index in [1.165, 1.54) is 22.3 Å². The van der Waals surface area contributed by atoms with Gasteiger partial charge in [-0.25, -0.2) is 0 Å². The van der Waals surface area contributed by atoms with Crippen LogP contribution in [0.5, 0.6) is 5.75 Å². The first kappa shape index (κ1) is 20.0. The van der Waals surface area contributed by atoms with Crippen molar-refractivity contribution < 1.29 is 5.11 Å². The van der Waals surface area contributed by atoms with Crippen molar-refractivity contribution in [2.75, 3.05) is 0 Å². The van der Waals surface area contributed by atoms with Crippen molar-refractivity contribution in [3.8, 4) is 5.75 Å². The molecule has 4 rings (SSSR count). The third-order valence-electron chi connectivity index (χ3n) is 4.16. The van der Waals surface area contributed by atoms with Gasteiger partial charge in [0.15, 0.2) is 0 Å². The molecule has 3 aromatic carbocycles. The monoisotopic (exact) mass is 354 g/mol. The average molecular weight is 354 g/mol. The van der Waals surface area contributed by atoms with E-state index in [0.717, 1.165) is 12.0 Å². The van der Waals surface area contributed by atoms with Crippen LogP contribution >= 0.6 is 0 Å². The molecule has 0 aliphatic heterocycles. The first-order chi connectivity index (χ1) is 13.1. The van der Waals surface area contributed by atoms with E-state index in [1.807, 2.05) is 18.2 Å². The fourth-order valence-electron chi connectivity index (χ4n) is 2.56. The van der Waals surface area contributed by atoms with Gasteiger partial charge in [-0.1, -0.05) is 110 Å². The molecule has 0 amide bonds. The zero-order valence-electron chi connectivity index (χ0n) is 15.8. The Balaban J connectivity index is 0.000000145. The lowest BCUT2D eigenvalue weighted by molar-refractivity contribution is 0.474. The van der Waals surface area contributed by atoms with E-state index >= 15 is 0 Å². The number of phenols is 1. The predicted molar refractivity (Wildman–Crippen MR) is 119 cm³/mol. The summed E-state index contributed by atoms with van der Waals surface area (Å²) >= 11 is 0. The van der Waals surface area contributed by atoms with E-state index in [1.54, 1.807) is 18.2 Å². The molecule has 0 heterocycles. The van der Waals surface area contributed by atoms with Crippen LogP contribution in [0, 0.1) is 6.92 Å². The second kappa shape index (κ2) is 10.6. The highest BCUT2D eigenvalue weighted by Gasteiger charge is 2.00. The van der Waals surface area contributed by atoms with Gasteiger partial charge in [0.2, 0.25) is 0 Å². The number of aryl methyl sites for hydroxylation is 1. The molecule has 1 nitrogen and oxygen atoms in total. The zero-order valence-corrected chi connectivity index (χ0v) is 15.8. The van der Waals surface area contributed by atoms with Crippen LogP contribution in [-0.2, 0) is 6.42 Å². The molecule has 0 saturated carbocycles. The lowest BCUT2D eigenvalue weighted by atomic mass is 10.1. The number of hydrogen-bond acceptors (Lipinski definition) is 1. The normalized spacial score (nSPS) is 10.6. The summed E-state index contributed by atoms with van der Waals surface area (Å²) < 4.78 is 0. The molecular formula is C26H26O. The molecule has 136 valence electrons. The molecule has 0 fully saturated rings. The Bertz CT molecular complexity index is 896. The summed E-state index contributed by atoms with van der Waals surface area (Å²) in [6, 6.07) is 23.9. The molecule has 0 unspecified atom stereocenters. The number of benzene rings is 3. The van der Waals surface area contributed by atoms with Crippen LogP contribution < -0.4 is 0 Å². The molecule has 0 radical (unpaired) electrons. The highest BCUT2D eigenvalue weighted by Crippen LogP contribution is 2.17. The Morgan fingerprint density at radius 2 is 1.48 bits per heavy atom. The number of fused-ring (bicyclic) bond motifs is 1. The Kier molecular flexibility index (Phi) is 7.87. The molecule has 3 aromatic rings. The number of phenolic OH excluding ortho intramolecular Hbond substituents is 1. The van der Waals surface area contributed by atoms with E-state index in [2.05, 4.69) is 80.8 Å². The van der Waals surface area contributed by atoms with E-state index in [-0.39, 0.29) is 5.75 Å². The third kappa shape index (κ3) is 6.48. The van der Waals surface area contributed by atoms with E-state index in [0.29, 0.717) is 0 Å². The summed E-state index contributed by atoms with van der Waals surface area (Å²) in [5.41, 5.74) is 6.09. The van der Waals surface area contributed by atoms with Crippen molar-refractivity contribution in [3.63, 3.8) is 0 Å². The molecule has 27 heavy (non-hydrogen) atoms. The lowest BCUT2D eigenvalue weighted by Gasteiger charge is -1.93. The van der Waals surface area contributed by atoms with Gasteiger partial charge in [0.1, 0.15) is 5.75 Å². The molecule has 0 bridgehead atoms. The van der Waals surface area contributed by atoms with Gasteiger partial charge in [0.25, 0.3) is 0 Å². The van der Waals surface area contributed by atoms with Gasteiger partial charge in [-0.15, -0.1) is 0 Å². The Labute approximate surface area is 162 Å². The van der Waals surface area contributed by atoms with Crippen molar-refractivity contribution in [2.45, 2.75) is 13.3 Å². The summed E-state index contributed by atoms with van der Waals surface area (Å²) in [6.45, 7) is 9.27. The van der Waals surface area contributed by atoms with Crippen molar-refractivity contribution in [1.29, 1.82) is 0 Å². The average Bonchev–Trinajstić information content (AvgIpc) is 3.19. The van der Waals surface area contributed by atoms with Crippen molar-refractivity contribution in [1.82, 2.24) is 0 Å². The van der Waals surface area contributed by atoms with Crippen LogP contribution in [0.3, 0.4) is 0 Å². The fraction of sp³-hybridized carbons (Fsp3) is 0.0769. The van der Waals surface area contributed by atoms with Crippen LogP contribution in [-0.4, -0.2) is 5.11 Å². The molecule has 0 saturated heterocycles. The second-order valence-electron chi connectivity index (χ2n) is 6.18. The molecule has 0 spiro atoms. The first-order valence-electron chi connectivity index (χ1n) is 8.98. The SMILES string of the molecule is C1=Cc2ccccc2C1.C=Cc1ccc(C)cc1.C=Cc1ccccc1O. The summed E-state index contributed by atoms with van der Waals surface area (Å²) in [5, 5.41) is 9.04. The smallest absolute Gasteiger partial charge is 0.122 e. The molecule has 1 aliphatic carbocycles. The summed E-state index contributed by atoms with van der Waals surface area (Å²) in [5.74, 6) is 0.285. The Morgan fingerprint density at radius 1 is 0.815 bits per heavy atom. The summed E-state index contributed by atoms with van der Waals surface area (Å²) in [4.78, 5) is 0. The molecule has 1 aliphatic rings. The van der Waals surface area contributed by atoms with Crippen LogP contribution in [0.15, 0.2) is 92.0 Å². The van der Waals surface area contributed by atoms with Gasteiger partial charge in [-0.3, -0.25) is 0 Å². The first-order valence-corrected chi connectivity index (χ1v) is 8.98.